The molecule has 1 fully saturated rings. The molecule has 1 saturated heterocycles. The minimum Gasteiger partial charge on any atom is -0.361 e. The third-order valence-corrected chi connectivity index (χ3v) is 6.90. The fourth-order valence-electron chi connectivity index (χ4n) is 4.64. The van der Waals surface area contributed by atoms with Crippen molar-refractivity contribution in [3.63, 3.8) is 0 Å². The number of para-hydroxylation sites is 1. The van der Waals surface area contributed by atoms with Gasteiger partial charge in [-0.1, -0.05) is 44.9 Å². The third kappa shape index (κ3) is 7.42. The molecule has 0 aliphatic carbocycles. The Morgan fingerprint density at radius 3 is 2.50 bits per heavy atom. The van der Waals surface area contributed by atoms with Crippen LogP contribution in [-0.2, 0) is 20.8 Å². The van der Waals surface area contributed by atoms with Gasteiger partial charge < -0.3 is 20.1 Å². The molecular weight excluding hydrogens is 428 g/mol. The molecule has 1 atom stereocenters. The van der Waals surface area contributed by atoms with Crippen LogP contribution in [0.2, 0.25) is 0 Å². The normalized spacial score (nSPS) is 15.4. The van der Waals surface area contributed by atoms with Crippen LogP contribution in [0, 0.1) is 0 Å². The number of fused-ring (bicyclic) bond motifs is 1. The number of unbranched alkanes of at least 4 members (excludes halogenated alkanes) is 2. The average molecular weight is 469 g/mol. The lowest BCUT2D eigenvalue weighted by Gasteiger charge is -2.36. The topological polar surface area (TPSA) is 85.5 Å². The summed E-state index contributed by atoms with van der Waals surface area (Å²) < 4.78 is 0. The fourth-order valence-corrected chi connectivity index (χ4v) is 4.64. The van der Waals surface area contributed by atoms with E-state index in [1.54, 1.807) is 0 Å². The number of hydrogen-bond donors (Lipinski definition) is 2. The average Bonchev–Trinajstić information content (AvgIpc) is 3.29. The Labute approximate surface area is 203 Å². The number of carbonyl (C=O) groups excluding carboxylic acids is 3. The number of benzene rings is 1. The summed E-state index contributed by atoms with van der Waals surface area (Å²) in [4.78, 5) is 45.2. The quantitative estimate of drug-likeness (QED) is 0.439. The standard InChI is InChI=1S/C27H40N4O3/c1-3-22(32)10-6-5-7-13-25(27(34)31-18-16-30(4-2)17-19-31)29-26(33)15-14-21-20-28-24-12-9-8-11-23(21)24/h8-9,11-12,20,25,28H,3-7,10,13-19H2,1-2H3,(H,29,33)/t25-/m0/s1. The highest BCUT2D eigenvalue weighted by molar-refractivity contribution is 5.88. The molecule has 7 heteroatoms. The Morgan fingerprint density at radius 2 is 1.76 bits per heavy atom. The van der Waals surface area contributed by atoms with Crippen LogP contribution < -0.4 is 5.32 Å². The molecule has 0 radical (unpaired) electrons. The maximum Gasteiger partial charge on any atom is 0.245 e. The molecule has 2 heterocycles. The molecule has 2 N–H and O–H groups in total. The molecule has 1 aromatic heterocycles. The number of rotatable bonds is 13. The molecule has 1 aliphatic heterocycles. The molecule has 0 saturated carbocycles. The summed E-state index contributed by atoms with van der Waals surface area (Å²) in [5.41, 5.74) is 2.18. The number of hydrogen-bond acceptors (Lipinski definition) is 4. The number of amides is 2. The Morgan fingerprint density at radius 1 is 1.00 bits per heavy atom. The van der Waals surface area contributed by atoms with E-state index in [9.17, 15) is 14.4 Å². The van der Waals surface area contributed by atoms with Gasteiger partial charge >= 0.3 is 0 Å². The summed E-state index contributed by atoms with van der Waals surface area (Å²) in [6.45, 7) is 8.19. The van der Waals surface area contributed by atoms with Crippen molar-refractivity contribution in [2.75, 3.05) is 32.7 Å². The predicted molar refractivity (Wildman–Crippen MR) is 136 cm³/mol. The van der Waals surface area contributed by atoms with Gasteiger partial charge in [0, 0.05) is 62.5 Å². The second kappa shape index (κ2) is 13.3. The SMILES string of the molecule is CCC(=O)CCCCC[C@H](NC(=O)CCc1c[nH]c2ccccc12)C(=O)N1CCN(CC)CC1. The highest BCUT2D eigenvalue weighted by Gasteiger charge is 2.28. The third-order valence-electron chi connectivity index (χ3n) is 6.90. The van der Waals surface area contributed by atoms with Crippen LogP contribution in [0.1, 0.15) is 64.4 Å². The van der Waals surface area contributed by atoms with Crippen LogP contribution in [0.3, 0.4) is 0 Å². The molecule has 0 bridgehead atoms. The van der Waals surface area contributed by atoms with E-state index in [1.165, 1.54) is 0 Å². The lowest BCUT2D eigenvalue weighted by molar-refractivity contribution is -0.138. The molecule has 2 amide bonds. The van der Waals surface area contributed by atoms with Gasteiger partial charge in [0.2, 0.25) is 11.8 Å². The van der Waals surface area contributed by atoms with Gasteiger partial charge in [0.05, 0.1) is 0 Å². The number of ketones is 1. The van der Waals surface area contributed by atoms with Crippen molar-refractivity contribution in [3.05, 3.63) is 36.0 Å². The molecule has 7 nitrogen and oxygen atoms in total. The van der Waals surface area contributed by atoms with Crippen molar-refractivity contribution in [2.45, 2.75) is 71.3 Å². The lowest BCUT2D eigenvalue weighted by atomic mass is 10.0. The highest BCUT2D eigenvalue weighted by atomic mass is 16.2. The Hall–Kier alpha value is -2.67. The smallest absolute Gasteiger partial charge is 0.245 e. The molecule has 3 rings (SSSR count). The van der Waals surface area contributed by atoms with Gasteiger partial charge in [-0.3, -0.25) is 14.4 Å². The van der Waals surface area contributed by atoms with Crippen LogP contribution in [0.15, 0.2) is 30.5 Å². The van der Waals surface area contributed by atoms with Crippen LogP contribution in [0.4, 0.5) is 0 Å². The lowest BCUT2D eigenvalue weighted by Crippen LogP contribution is -2.54. The van der Waals surface area contributed by atoms with E-state index in [0.29, 0.717) is 45.2 Å². The Balaban J connectivity index is 1.54. The van der Waals surface area contributed by atoms with E-state index in [4.69, 9.17) is 0 Å². The van der Waals surface area contributed by atoms with E-state index in [1.807, 2.05) is 36.2 Å². The first-order valence-electron chi connectivity index (χ1n) is 12.9. The molecule has 34 heavy (non-hydrogen) atoms. The first kappa shape index (κ1) is 25.9. The summed E-state index contributed by atoms with van der Waals surface area (Å²) in [5.74, 6) is 0.227. The monoisotopic (exact) mass is 468 g/mol. The van der Waals surface area contributed by atoms with Gasteiger partial charge in [-0.15, -0.1) is 0 Å². The number of nitrogens with zero attached hydrogens (tertiary/aromatic N) is 2. The van der Waals surface area contributed by atoms with Gasteiger partial charge in [-0.25, -0.2) is 0 Å². The van der Waals surface area contributed by atoms with Crippen molar-refractivity contribution in [3.8, 4) is 0 Å². The van der Waals surface area contributed by atoms with Gasteiger partial charge in [-0.2, -0.15) is 0 Å². The molecule has 1 aromatic carbocycles. The predicted octanol–water partition coefficient (Wildman–Crippen LogP) is 3.68. The molecular formula is C27H40N4O3. The van der Waals surface area contributed by atoms with E-state index < -0.39 is 6.04 Å². The van der Waals surface area contributed by atoms with Crippen LogP contribution in [0.25, 0.3) is 10.9 Å². The molecule has 0 spiro atoms. The number of nitrogens with one attached hydrogen (secondary N) is 2. The van der Waals surface area contributed by atoms with Gasteiger partial charge in [-0.05, 0) is 37.4 Å². The van der Waals surface area contributed by atoms with Gasteiger partial charge in [0.25, 0.3) is 0 Å². The van der Waals surface area contributed by atoms with E-state index in [2.05, 4.69) is 28.2 Å². The minimum absolute atomic E-state index is 0.0285. The molecule has 2 aromatic rings. The number of H-pyrrole nitrogens is 1. The molecule has 0 unspecified atom stereocenters. The number of likely N-dealkylation sites (N-methyl/N-ethyl adjacent to an activating group) is 1. The molecule has 186 valence electrons. The number of Topliss-reactive ketones (excluding diaryl/α,β-unsaturated/α-hetero) is 1. The van der Waals surface area contributed by atoms with Gasteiger partial charge in [0.1, 0.15) is 11.8 Å². The maximum absolute atomic E-state index is 13.3. The zero-order valence-electron chi connectivity index (χ0n) is 20.8. The summed E-state index contributed by atoms with van der Waals surface area (Å²) in [6, 6.07) is 7.58. The molecule has 1 aliphatic rings. The highest BCUT2D eigenvalue weighted by Crippen LogP contribution is 2.19. The van der Waals surface area contributed by atoms with Crippen LogP contribution >= 0.6 is 0 Å². The van der Waals surface area contributed by atoms with Gasteiger partial charge in [0.15, 0.2) is 0 Å². The number of aryl methyl sites for hydroxylation is 1. The van der Waals surface area contributed by atoms with Crippen molar-refractivity contribution in [1.82, 2.24) is 20.1 Å². The second-order valence-corrected chi connectivity index (χ2v) is 9.23. The zero-order chi connectivity index (χ0) is 24.3. The maximum atomic E-state index is 13.3. The number of carbonyl (C=O) groups is 3. The van der Waals surface area contributed by atoms with Crippen LogP contribution in [0.5, 0.6) is 0 Å². The number of aromatic amines is 1. The van der Waals surface area contributed by atoms with Crippen LogP contribution in [-0.4, -0.2) is 71.1 Å². The number of aromatic nitrogens is 1. The summed E-state index contributed by atoms with van der Waals surface area (Å²) >= 11 is 0. The second-order valence-electron chi connectivity index (χ2n) is 9.23. The Kier molecular flexibility index (Phi) is 10.1. The van der Waals surface area contributed by atoms with E-state index in [0.717, 1.165) is 55.4 Å². The minimum atomic E-state index is -0.495. The summed E-state index contributed by atoms with van der Waals surface area (Å²) in [5, 5.41) is 4.18. The summed E-state index contributed by atoms with van der Waals surface area (Å²) in [6.07, 6.45) is 7.30. The van der Waals surface area contributed by atoms with Crippen molar-refractivity contribution in [2.24, 2.45) is 0 Å². The largest absolute Gasteiger partial charge is 0.361 e. The first-order valence-corrected chi connectivity index (χ1v) is 12.9. The Bertz CT molecular complexity index is 946. The van der Waals surface area contributed by atoms with E-state index >= 15 is 0 Å². The fraction of sp³-hybridized carbons (Fsp3) is 0.593. The van der Waals surface area contributed by atoms with E-state index in [-0.39, 0.29) is 17.6 Å². The van der Waals surface area contributed by atoms with Crippen molar-refractivity contribution >= 4 is 28.5 Å². The zero-order valence-corrected chi connectivity index (χ0v) is 20.8. The summed E-state index contributed by atoms with van der Waals surface area (Å²) in [7, 11) is 0. The van der Waals surface area contributed by atoms with Crippen molar-refractivity contribution < 1.29 is 14.4 Å². The number of piperazine rings is 1. The first-order chi connectivity index (χ1) is 16.5. The van der Waals surface area contributed by atoms with Crippen molar-refractivity contribution in [1.29, 1.82) is 0 Å².